The third-order valence-corrected chi connectivity index (χ3v) is 2.56. The summed E-state index contributed by atoms with van der Waals surface area (Å²) in [5.41, 5.74) is 1.17. The number of carbonyl (C=O) groups excluding carboxylic acids is 1. The summed E-state index contributed by atoms with van der Waals surface area (Å²) < 4.78 is 5.17. The SMILES string of the molecule is O=C(NCc1ccon1)c1cccnc1Br. The van der Waals surface area contributed by atoms with Crippen LogP contribution in [0, 0.1) is 0 Å². The molecule has 0 saturated carbocycles. The molecule has 0 aliphatic heterocycles. The number of halogens is 1. The molecule has 2 aromatic rings. The highest BCUT2D eigenvalue weighted by molar-refractivity contribution is 9.10. The van der Waals surface area contributed by atoms with Crippen LogP contribution in [0.2, 0.25) is 0 Å². The predicted molar refractivity (Wildman–Crippen MR) is 59.6 cm³/mol. The van der Waals surface area contributed by atoms with Crippen molar-refractivity contribution in [3.63, 3.8) is 0 Å². The van der Waals surface area contributed by atoms with Crippen LogP contribution in [0.3, 0.4) is 0 Å². The lowest BCUT2D eigenvalue weighted by Gasteiger charge is -2.03. The molecule has 82 valence electrons. The fourth-order valence-corrected chi connectivity index (χ4v) is 1.58. The smallest absolute Gasteiger partial charge is 0.254 e. The molecule has 2 rings (SSSR count). The molecule has 5 nitrogen and oxygen atoms in total. The quantitative estimate of drug-likeness (QED) is 0.871. The molecule has 16 heavy (non-hydrogen) atoms. The lowest BCUT2D eigenvalue weighted by molar-refractivity contribution is 0.0949. The Labute approximate surface area is 100.0 Å². The lowest BCUT2D eigenvalue weighted by atomic mass is 10.2. The van der Waals surface area contributed by atoms with E-state index in [4.69, 9.17) is 0 Å². The van der Waals surface area contributed by atoms with E-state index in [1.807, 2.05) is 0 Å². The zero-order valence-corrected chi connectivity index (χ0v) is 9.77. The second kappa shape index (κ2) is 4.89. The Hall–Kier alpha value is -1.69. The first-order chi connectivity index (χ1) is 7.77. The minimum absolute atomic E-state index is 0.206. The maximum absolute atomic E-state index is 11.7. The average molecular weight is 282 g/mol. The molecular formula is C10H8BrN3O2. The Morgan fingerprint density at radius 1 is 1.50 bits per heavy atom. The zero-order chi connectivity index (χ0) is 11.4. The van der Waals surface area contributed by atoms with Gasteiger partial charge in [-0.1, -0.05) is 5.16 Å². The monoisotopic (exact) mass is 281 g/mol. The van der Waals surface area contributed by atoms with E-state index in [1.165, 1.54) is 6.26 Å². The molecule has 0 bridgehead atoms. The van der Waals surface area contributed by atoms with Gasteiger partial charge in [-0.15, -0.1) is 0 Å². The molecule has 0 aliphatic rings. The Balaban J connectivity index is 2.01. The van der Waals surface area contributed by atoms with Crippen molar-refractivity contribution in [3.05, 3.63) is 46.5 Å². The number of hydrogen-bond acceptors (Lipinski definition) is 4. The highest BCUT2D eigenvalue weighted by Gasteiger charge is 2.10. The van der Waals surface area contributed by atoms with Crippen molar-refractivity contribution in [2.75, 3.05) is 0 Å². The van der Waals surface area contributed by atoms with E-state index in [-0.39, 0.29) is 5.91 Å². The van der Waals surface area contributed by atoms with Crippen molar-refractivity contribution in [2.45, 2.75) is 6.54 Å². The second-order valence-corrected chi connectivity index (χ2v) is 3.77. The van der Waals surface area contributed by atoms with Crippen LogP contribution in [-0.2, 0) is 6.54 Å². The molecule has 1 amide bonds. The van der Waals surface area contributed by atoms with Gasteiger partial charge in [0.1, 0.15) is 16.6 Å². The van der Waals surface area contributed by atoms with Gasteiger partial charge >= 0.3 is 0 Å². The normalized spacial score (nSPS) is 10.1. The van der Waals surface area contributed by atoms with Gasteiger partial charge in [-0.25, -0.2) is 4.98 Å². The predicted octanol–water partition coefficient (Wildman–Crippen LogP) is 1.76. The van der Waals surface area contributed by atoms with E-state index in [2.05, 4.69) is 35.9 Å². The molecular weight excluding hydrogens is 274 g/mol. The van der Waals surface area contributed by atoms with E-state index in [9.17, 15) is 4.79 Å². The van der Waals surface area contributed by atoms with Crippen molar-refractivity contribution in [2.24, 2.45) is 0 Å². The summed E-state index contributed by atoms with van der Waals surface area (Å²) in [6.07, 6.45) is 3.07. The highest BCUT2D eigenvalue weighted by atomic mass is 79.9. The van der Waals surface area contributed by atoms with Crippen LogP contribution in [0.15, 0.2) is 39.8 Å². The van der Waals surface area contributed by atoms with Crippen LogP contribution >= 0.6 is 15.9 Å². The van der Waals surface area contributed by atoms with E-state index < -0.39 is 0 Å². The summed E-state index contributed by atoms with van der Waals surface area (Å²) in [5.74, 6) is -0.206. The third-order valence-electron chi connectivity index (χ3n) is 1.93. The minimum Gasteiger partial charge on any atom is -0.364 e. The standard InChI is InChI=1S/C10H8BrN3O2/c11-9-8(2-1-4-12-9)10(15)13-6-7-3-5-16-14-7/h1-5H,6H2,(H,13,15). The zero-order valence-electron chi connectivity index (χ0n) is 8.18. The number of hydrogen-bond donors (Lipinski definition) is 1. The van der Waals surface area contributed by atoms with Crippen LogP contribution in [-0.4, -0.2) is 16.0 Å². The molecule has 0 radical (unpaired) electrons. The van der Waals surface area contributed by atoms with Crippen molar-refractivity contribution in [1.29, 1.82) is 0 Å². The van der Waals surface area contributed by atoms with Crippen LogP contribution in [0.25, 0.3) is 0 Å². The first-order valence-electron chi connectivity index (χ1n) is 4.55. The third kappa shape index (κ3) is 2.46. The Kier molecular flexibility index (Phi) is 3.31. The maximum Gasteiger partial charge on any atom is 0.254 e. The number of nitrogens with one attached hydrogen (secondary N) is 1. The topological polar surface area (TPSA) is 68.0 Å². The largest absolute Gasteiger partial charge is 0.364 e. The Morgan fingerprint density at radius 3 is 3.06 bits per heavy atom. The van der Waals surface area contributed by atoms with E-state index in [1.54, 1.807) is 24.4 Å². The second-order valence-electron chi connectivity index (χ2n) is 3.02. The van der Waals surface area contributed by atoms with Crippen LogP contribution in [0.1, 0.15) is 16.1 Å². The first-order valence-corrected chi connectivity index (χ1v) is 5.34. The highest BCUT2D eigenvalue weighted by Crippen LogP contribution is 2.12. The number of nitrogens with zero attached hydrogens (tertiary/aromatic N) is 2. The van der Waals surface area contributed by atoms with Gasteiger partial charge in [0.2, 0.25) is 0 Å². The minimum atomic E-state index is -0.206. The van der Waals surface area contributed by atoms with Gasteiger partial charge in [0.05, 0.1) is 12.1 Å². The summed E-state index contributed by atoms with van der Waals surface area (Å²) in [6, 6.07) is 5.09. The molecule has 6 heteroatoms. The molecule has 0 aromatic carbocycles. The van der Waals surface area contributed by atoms with Gasteiger partial charge in [0.15, 0.2) is 0 Å². The van der Waals surface area contributed by atoms with Crippen molar-refractivity contribution in [1.82, 2.24) is 15.5 Å². The van der Waals surface area contributed by atoms with Gasteiger partial charge in [0.25, 0.3) is 5.91 Å². The molecule has 0 spiro atoms. The van der Waals surface area contributed by atoms with Gasteiger partial charge in [-0.05, 0) is 28.1 Å². The summed E-state index contributed by atoms with van der Waals surface area (Å²) in [6.45, 7) is 0.330. The Bertz CT molecular complexity index is 485. The first kappa shape index (κ1) is 10.8. The lowest BCUT2D eigenvalue weighted by Crippen LogP contribution is -2.23. The molecule has 0 unspecified atom stereocenters. The molecule has 2 heterocycles. The van der Waals surface area contributed by atoms with Crippen molar-refractivity contribution in [3.8, 4) is 0 Å². The van der Waals surface area contributed by atoms with Gasteiger partial charge in [0, 0.05) is 12.3 Å². The van der Waals surface area contributed by atoms with Gasteiger partial charge in [-0.3, -0.25) is 4.79 Å². The number of rotatable bonds is 3. The Morgan fingerprint density at radius 2 is 2.38 bits per heavy atom. The van der Waals surface area contributed by atoms with Crippen LogP contribution < -0.4 is 5.32 Å². The van der Waals surface area contributed by atoms with Crippen LogP contribution in [0.4, 0.5) is 0 Å². The molecule has 2 aromatic heterocycles. The maximum atomic E-state index is 11.7. The summed E-state index contributed by atoms with van der Waals surface area (Å²) in [4.78, 5) is 15.7. The molecule has 0 saturated heterocycles. The number of pyridine rings is 1. The van der Waals surface area contributed by atoms with Gasteiger partial charge in [-0.2, -0.15) is 0 Å². The molecule has 0 atom stereocenters. The number of carbonyl (C=O) groups is 1. The van der Waals surface area contributed by atoms with E-state index >= 15 is 0 Å². The molecule has 0 aliphatic carbocycles. The van der Waals surface area contributed by atoms with Gasteiger partial charge < -0.3 is 9.84 Å². The van der Waals surface area contributed by atoms with Crippen molar-refractivity contribution < 1.29 is 9.32 Å². The summed E-state index contributed by atoms with van der Waals surface area (Å²) in [5, 5.41) is 6.40. The fraction of sp³-hybridized carbons (Fsp3) is 0.100. The summed E-state index contributed by atoms with van der Waals surface area (Å²) in [7, 11) is 0. The van der Waals surface area contributed by atoms with Crippen molar-refractivity contribution >= 4 is 21.8 Å². The fourth-order valence-electron chi connectivity index (χ4n) is 1.15. The molecule has 1 N–H and O–H groups in total. The molecule has 0 fully saturated rings. The number of amides is 1. The average Bonchev–Trinajstić information content (AvgIpc) is 2.79. The van der Waals surface area contributed by atoms with E-state index in [0.29, 0.717) is 22.4 Å². The summed E-state index contributed by atoms with van der Waals surface area (Å²) >= 11 is 3.21. The van der Waals surface area contributed by atoms with Crippen LogP contribution in [0.5, 0.6) is 0 Å². The van der Waals surface area contributed by atoms with E-state index in [0.717, 1.165) is 0 Å². The number of aromatic nitrogens is 2.